The van der Waals surface area contributed by atoms with Gasteiger partial charge in [-0.2, -0.15) is 44.9 Å². The van der Waals surface area contributed by atoms with Crippen LogP contribution in [0.2, 0.25) is 15.9 Å². The number of halogens is 9. The minimum atomic E-state index is -0.547. The Morgan fingerprint density at radius 2 is 0.667 bits per heavy atom. The van der Waals surface area contributed by atoms with Gasteiger partial charge in [0.2, 0.25) is 51.5 Å². The third-order valence-corrected chi connectivity index (χ3v) is 15.1. The van der Waals surface area contributed by atoms with Crippen molar-refractivity contribution in [3.63, 3.8) is 0 Å². The van der Waals surface area contributed by atoms with Gasteiger partial charge in [0.15, 0.2) is 69.4 Å². The van der Waals surface area contributed by atoms with Crippen LogP contribution in [0.5, 0.6) is 34.5 Å². The molecule has 0 amide bonds. The smallest absolute Gasteiger partial charge is 0.233 e. The summed E-state index contributed by atoms with van der Waals surface area (Å²) < 4.78 is 111. The molecule has 2 fully saturated rings. The summed E-state index contributed by atoms with van der Waals surface area (Å²) >= 11 is 17.1. The summed E-state index contributed by atoms with van der Waals surface area (Å²) in [6.07, 6.45) is 4.90. The van der Waals surface area contributed by atoms with E-state index >= 15 is 0 Å². The second-order valence-corrected chi connectivity index (χ2v) is 22.0. The van der Waals surface area contributed by atoms with Crippen molar-refractivity contribution in [3.8, 4) is 34.5 Å². The highest BCUT2D eigenvalue weighted by Gasteiger charge is 2.24. The minimum absolute atomic E-state index is 0.0496. The predicted octanol–water partition coefficient (Wildman–Crippen LogP) is 13.8. The summed E-state index contributed by atoms with van der Waals surface area (Å²) in [7, 11) is 8.35. The number of aromatic nitrogens is 9. The summed E-state index contributed by atoms with van der Waals surface area (Å²) in [4.78, 5) is 41.3. The number of nitrogens with two attached hydrogens (primary N) is 2. The van der Waals surface area contributed by atoms with Gasteiger partial charge in [-0.3, -0.25) is 9.80 Å². The number of nitrogens with zero attached hydrogens (tertiary/aromatic N) is 11. The summed E-state index contributed by atoms with van der Waals surface area (Å²) in [5.41, 5.74) is 13.3. The van der Waals surface area contributed by atoms with Crippen LogP contribution in [0.3, 0.4) is 0 Å². The fourth-order valence-corrected chi connectivity index (χ4v) is 10.3. The second kappa shape index (κ2) is 38.3. The lowest BCUT2D eigenvalue weighted by molar-refractivity contribution is 0.272. The number of benzene rings is 6. The first-order valence-electron chi connectivity index (χ1n) is 30.5. The molecule has 3 aromatic heterocycles. The van der Waals surface area contributed by atoms with Crippen molar-refractivity contribution >= 4 is 105 Å². The molecule has 2 atom stereocenters. The monoisotopic (exact) mass is 1440 g/mol. The van der Waals surface area contributed by atoms with Crippen LogP contribution in [0.4, 0.5) is 96.2 Å². The standard InChI is InChI=1S/C24H29F2N7O2.C17H14ClF2N5O2.C10H7Cl2FN4O.C7H8FNO.C7H16N2/c1-4-33-11-5-6-17(33)14-27-22-30-23(28-15-7-9-20(34-2)18(25)12-15)32-24(31-22)29-16-8-10-21(35-3)19(26)13-16;1-26-13-5-3-9(7-11(13)19)21-16-23-15(18)24-17(25-16)22-10-4-6-14(27-2)12(20)8-10;1-18-7-3-2-5(4-6(7)13)14-10-16-8(11)15-9(12)17-10;1-10-7-3-2-5(9)4-6(7)8;1-2-9-5-3-4-7(9)6-8/h7-10,12-13,17H,4-6,11,14H2,1-3H3,(H3,27,28,29,30,31,32);3-8H,1-2H3,(H2,21,22,23,24,25);2-4H,1H3,(H,14,15,16,17);2-4H,9H2,1H3;7H,2-6,8H2,1H3. The summed E-state index contributed by atoms with van der Waals surface area (Å²) in [6.45, 7) is 10.3. The van der Waals surface area contributed by atoms with Crippen LogP contribution in [0.15, 0.2) is 109 Å². The highest BCUT2D eigenvalue weighted by molar-refractivity contribution is 6.31. The molecule has 0 bridgehead atoms. The number of hydrogen-bond donors (Lipinski definition) is 8. The first kappa shape index (κ1) is 76.4. The van der Waals surface area contributed by atoms with E-state index in [9.17, 15) is 26.3 Å². The number of rotatable bonds is 22. The van der Waals surface area contributed by atoms with E-state index in [-0.39, 0.29) is 80.1 Å². The lowest BCUT2D eigenvalue weighted by Crippen LogP contribution is -2.35. The summed E-state index contributed by atoms with van der Waals surface area (Å²) in [6, 6.07) is 27.1. The number of hydrogen-bond acceptors (Lipinski definition) is 25. The van der Waals surface area contributed by atoms with Crippen molar-refractivity contribution in [2.24, 2.45) is 5.73 Å². The van der Waals surface area contributed by atoms with Crippen LogP contribution in [-0.4, -0.2) is 149 Å². The average molecular weight is 1440 g/mol. The molecule has 99 heavy (non-hydrogen) atoms. The number of anilines is 12. The summed E-state index contributed by atoms with van der Waals surface area (Å²) in [5.74, 6) is -1.18. The van der Waals surface area contributed by atoms with E-state index in [1.54, 1.807) is 36.4 Å². The molecule has 0 spiro atoms. The number of nitrogen functional groups attached to an aromatic ring is 1. The Morgan fingerprint density at radius 1 is 0.394 bits per heavy atom. The van der Waals surface area contributed by atoms with Crippen LogP contribution in [0.25, 0.3) is 0 Å². The average Bonchev–Trinajstić information content (AvgIpc) is 1.06. The zero-order valence-corrected chi connectivity index (χ0v) is 57.3. The first-order chi connectivity index (χ1) is 47.7. The van der Waals surface area contributed by atoms with E-state index in [2.05, 4.69) is 105 Å². The molecule has 0 radical (unpaired) electrons. The molecular formula is C65H74Cl3F6N19O6. The van der Waals surface area contributed by atoms with E-state index in [1.807, 2.05) is 0 Å². The molecule has 6 aromatic carbocycles. The van der Waals surface area contributed by atoms with Crippen LogP contribution in [-0.2, 0) is 0 Å². The maximum atomic E-state index is 14.2. The molecule has 2 aliphatic heterocycles. The molecule has 34 heteroatoms. The highest BCUT2D eigenvalue weighted by Crippen LogP contribution is 2.30. The van der Waals surface area contributed by atoms with E-state index in [0.29, 0.717) is 58.7 Å². The Balaban J connectivity index is 0.000000189. The van der Waals surface area contributed by atoms with E-state index in [4.69, 9.17) is 70.0 Å². The molecule has 9 aromatic rings. The minimum Gasteiger partial charge on any atom is -0.494 e. The normalized spacial score (nSPS) is 13.8. The van der Waals surface area contributed by atoms with E-state index in [1.165, 1.54) is 141 Å². The van der Waals surface area contributed by atoms with Gasteiger partial charge in [-0.15, -0.1) is 0 Å². The van der Waals surface area contributed by atoms with Gasteiger partial charge in [0, 0.05) is 95.7 Å². The quantitative estimate of drug-likeness (QED) is 0.0231. The van der Waals surface area contributed by atoms with Gasteiger partial charge in [0.1, 0.15) is 0 Å². The van der Waals surface area contributed by atoms with Crippen molar-refractivity contribution in [1.82, 2.24) is 54.7 Å². The molecule has 5 heterocycles. The summed E-state index contributed by atoms with van der Waals surface area (Å²) in [5, 5.41) is 17.5. The Hall–Kier alpha value is -9.92. The third-order valence-electron chi connectivity index (χ3n) is 14.6. The molecule has 2 aliphatic rings. The van der Waals surface area contributed by atoms with Crippen LogP contribution in [0.1, 0.15) is 39.5 Å². The molecule has 2 saturated heterocycles. The van der Waals surface area contributed by atoms with Gasteiger partial charge in [-0.05, 0) is 159 Å². The van der Waals surface area contributed by atoms with Gasteiger partial charge in [-0.1, -0.05) is 13.8 Å². The number of nitrogens with one attached hydrogen (secondary N) is 6. The van der Waals surface area contributed by atoms with Gasteiger partial charge >= 0.3 is 0 Å². The van der Waals surface area contributed by atoms with Crippen LogP contribution >= 0.6 is 34.8 Å². The Morgan fingerprint density at radius 3 is 0.960 bits per heavy atom. The fourth-order valence-electron chi connectivity index (χ4n) is 9.79. The molecular weight excluding hydrogens is 1360 g/mol. The lowest BCUT2D eigenvalue weighted by atomic mass is 10.2. The van der Waals surface area contributed by atoms with Gasteiger partial charge < -0.3 is 71.8 Å². The van der Waals surface area contributed by atoms with E-state index in [0.717, 1.165) is 32.5 Å². The topological polar surface area (TPSA) is 302 Å². The maximum Gasteiger partial charge on any atom is 0.233 e. The first-order valence-corrected chi connectivity index (χ1v) is 31.6. The Labute approximate surface area is 582 Å². The Kier molecular flexibility index (Phi) is 29.6. The van der Waals surface area contributed by atoms with Gasteiger partial charge in [0.25, 0.3) is 0 Å². The van der Waals surface area contributed by atoms with Crippen LogP contribution in [0, 0.1) is 34.9 Å². The second-order valence-electron chi connectivity index (χ2n) is 21.0. The number of likely N-dealkylation sites (N-methyl/N-ethyl adjacent to an activating group) is 2. The molecule has 2 unspecified atom stereocenters. The number of likely N-dealkylation sites (tertiary alicyclic amines) is 2. The zero-order valence-electron chi connectivity index (χ0n) is 55.0. The predicted molar refractivity (Wildman–Crippen MR) is 371 cm³/mol. The van der Waals surface area contributed by atoms with Crippen LogP contribution < -0.4 is 71.8 Å². The molecule has 10 N–H and O–H groups in total. The SMILES string of the molecule is CCN1CCCC1CN.CCN1CCCC1CNc1nc(Nc2ccc(OC)c(F)c2)nc(Nc2ccc(OC)c(F)c2)n1.COc1ccc(N)cc1F.COc1ccc(Nc2nc(Cl)nc(Cl)n2)cc1F.COc1ccc(Nc2nc(Cl)nc(Nc3ccc(OC)c(F)c3)n2)cc1F. The highest BCUT2D eigenvalue weighted by atomic mass is 35.5. The van der Waals surface area contributed by atoms with Crippen molar-refractivity contribution in [1.29, 1.82) is 0 Å². The Bertz CT molecular complexity index is 3920. The van der Waals surface area contributed by atoms with Gasteiger partial charge in [0.05, 0.1) is 42.7 Å². The van der Waals surface area contributed by atoms with Crippen molar-refractivity contribution in [2.75, 3.05) is 120 Å². The third kappa shape index (κ3) is 23.4. The number of ether oxygens (including phenoxy) is 6. The lowest BCUT2D eigenvalue weighted by Gasteiger charge is -2.23. The van der Waals surface area contributed by atoms with Gasteiger partial charge in [-0.25, -0.2) is 26.3 Å². The van der Waals surface area contributed by atoms with Crippen molar-refractivity contribution in [3.05, 3.63) is 160 Å². The zero-order chi connectivity index (χ0) is 71.5. The molecule has 0 saturated carbocycles. The molecule has 11 rings (SSSR count). The molecule has 25 nitrogen and oxygen atoms in total. The fraction of sp³-hybridized carbons (Fsp3) is 0.308. The number of methoxy groups -OCH3 is 6. The largest absolute Gasteiger partial charge is 0.494 e. The molecule has 528 valence electrons. The van der Waals surface area contributed by atoms with Crippen molar-refractivity contribution in [2.45, 2.75) is 51.6 Å². The van der Waals surface area contributed by atoms with Crippen molar-refractivity contribution < 1.29 is 54.8 Å². The maximum absolute atomic E-state index is 14.2. The van der Waals surface area contributed by atoms with E-state index < -0.39 is 34.9 Å². The molecule has 0 aliphatic carbocycles.